The first-order chi connectivity index (χ1) is 13.3. The van der Waals surface area contributed by atoms with Crippen molar-refractivity contribution >= 4 is 5.97 Å². The van der Waals surface area contributed by atoms with Crippen molar-refractivity contribution in [1.29, 1.82) is 0 Å². The van der Waals surface area contributed by atoms with Gasteiger partial charge in [-0.1, -0.05) is 73.9 Å². The predicted octanol–water partition coefficient (Wildman–Crippen LogP) is 7.15. The third-order valence-corrected chi connectivity index (χ3v) is 5.22. The van der Waals surface area contributed by atoms with Crippen molar-refractivity contribution in [2.75, 3.05) is 0 Å². The molecule has 1 aliphatic carbocycles. The molecule has 1 unspecified atom stereocenters. The Kier molecular flexibility index (Phi) is 11.3. The molecule has 2 nitrogen and oxygen atoms in total. The van der Waals surface area contributed by atoms with Gasteiger partial charge < -0.3 is 4.74 Å². The highest BCUT2D eigenvalue weighted by molar-refractivity contribution is 5.69. The Bertz CT molecular complexity index is 559. The number of hydrogen-bond donors (Lipinski definition) is 0. The van der Waals surface area contributed by atoms with Crippen LogP contribution in [0.25, 0.3) is 0 Å². The van der Waals surface area contributed by atoms with Crippen LogP contribution in [0.2, 0.25) is 0 Å². The molecule has 2 heteroatoms. The van der Waals surface area contributed by atoms with Crippen LogP contribution in [-0.2, 0) is 16.1 Å². The van der Waals surface area contributed by atoms with Gasteiger partial charge in [-0.3, -0.25) is 4.79 Å². The van der Waals surface area contributed by atoms with Crippen molar-refractivity contribution in [3.63, 3.8) is 0 Å². The number of allylic oxidation sites excluding steroid dienone is 4. The molecule has 0 saturated heterocycles. The maximum Gasteiger partial charge on any atom is 0.306 e. The number of ether oxygens (including phenoxy) is 1. The van der Waals surface area contributed by atoms with Gasteiger partial charge in [0.2, 0.25) is 0 Å². The van der Waals surface area contributed by atoms with Crippen LogP contribution >= 0.6 is 0 Å². The third kappa shape index (κ3) is 10.8. The summed E-state index contributed by atoms with van der Waals surface area (Å²) in [6.45, 7) is 0.386. The maximum absolute atomic E-state index is 11.7. The van der Waals surface area contributed by atoms with Crippen LogP contribution in [0.4, 0.5) is 0 Å². The van der Waals surface area contributed by atoms with Gasteiger partial charge in [0, 0.05) is 6.42 Å². The van der Waals surface area contributed by atoms with Crippen LogP contribution in [0.3, 0.4) is 0 Å². The molecule has 0 heterocycles. The molecule has 1 aromatic rings. The Morgan fingerprint density at radius 2 is 1.70 bits per heavy atom. The lowest BCUT2D eigenvalue weighted by atomic mass is 10.00. The van der Waals surface area contributed by atoms with Gasteiger partial charge in [0.05, 0.1) is 0 Å². The number of unbranched alkanes of at least 4 members (excludes halogenated alkanes) is 6. The quantitative estimate of drug-likeness (QED) is 0.198. The number of benzene rings is 1. The van der Waals surface area contributed by atoms with E-state index in [1.54, 1.807) is 0 Å². The number of hydrogen-bond acceptors (Lipinski definition) is 2. The zero-order valence-corrected chi connectivity index (χ0v) is 16.8. The van der Waals surface area contributed by atoms with Gasteiger partial charge in [-0.15, -0.1) is 0 Å². The van der Waals surface area contributed by atoms with Crippen LogP contribution in [-0.4, -0.2) is 5.97 Å². The molecule has 27 heavy (non-hydrogen) atoms. The minimum Gasteiger partial charge on any atom is -0.461 e. The van der Waals surface area contributed by atoms with E-state index in [1.165, 1.54) is 51.4 Å². The molecule has 0 aromatic heterocycles. The van der Waals surface area contributed by atoms with Gasteiger partial charge in [0.15, 0.2) is 0 Å². The Morgan fingerprint density at radius 1 is 0.963 bits per heavy atom. The van der Waals surface area contributed by atoms with E-state index in [0.717, 1.165) is 30.7 Å². The molecule has 0 aliphatic heterocycles. The molecule has 0 fully saturated rings. The molecule has 0 N–H and O–H groups in total. The number of rotatable bonds is 14. The lowest BCUT2D eigenvalue weighted by Gasteiger charge is -2.06. The lowest BCUT2D eigenvalue weighted by Crippen LogP contribution is -2.04. The topological polar surface area (TPSA) is 26.3 Å². The largest absolute Gasteiger partial charge is 0.461 e. The van der Waals surface area contributed by atoms with E-state index in [9.17, 15) is 4.79 Å². The van der Waals surface area contributed by atoms with Crippen molar-refractivity contribution in [3.8, 4) is 0 Å². The normalized spacial score (nSPS) is 16.2. The van der Waals surface area contributed by atoms with E-state index < -0.39 is 0 Å². The average molecular weight is 369 g/mol. The molecular weight excluding hydrogens is 332 g/mol. The zero-order chi connectivity index (χ0) is 19.0. The molecule has 0 spiro atoms. The van der Waals surface area contributed by atoms with E-state index in [-0.39, 0.29) is 5.97 Å². The number of esters is 1. The standard InChI is InChI=1S/C25H36O2/c26-25(27-22-24-19-11-9-12-20-24)21-13-8-6-4-2-1-3-5-7-10-16-23-17-14-15-18-23/h2,4,9,11-12,14,17,19-20,23H,1,3,5-8,10,13,15-16,18,21-22H2/b4-2+. The van der Waals surface area contributed by atoms with Crippen molar-refractivity contribution in [1.82, 2.24) is 0 Å². The molecule has 1 aliphatic rings. The van der Waals surface area contributed by atoms with Gasteiger partial charge in [-0.25, -0.2) is 0 Å². The Labute approximate surface area is 165 Å². The summed E-state index contributed by atoms with van der Waals surface area (Å²) in [7, 11) is 0. The number of carbonyl (C=O) groups is 1. The van der Waals surface area contributed by atoms with E-state index >= 15 is 0 Å². The van der Waals surface area contributed by atoms with Crippen LogP contribution in [0.15, 0.2) is 54.6 Å². The summed E-state index contributed by atoms with van der Waals surface area (Å²) in [5, 5.41) is 0. The molecule has 1 atom stereocenters. The van der Waals surface area contributed by atoms with Crippen molar-refractivity contribution in [3.05, 3.63) is 60.2 Å². The number of carbonyl (C=O) groups excluding carboxylic acids is 1. The second-order valence-corrected chi connectivity index (χ2v) is 7.62. The Morgan fingerprint density at radius 3 is 2.44 bits per heavy atom. The molecule has 0 amide bonds. The summed E-state index contributed by atoms with van der Waals surface area (Å²) in [5.41, 5.74) is 1.05. The fourth-order valence-electron chi connectivity index (χ4n) is 3.54. The summed E-state index contributed by atoms with van der Waals surface area (Å²) >= 11 is 0. The fraction of sp³-hybridized carbons (Fsp3) is 0.560. The van der Waals surface area contributed by atoms with Crippen molar-refractivity contribution in [2.45, 2.75) is 83.7 Å². The van der Waals surface area contributed by atoms with Gasteiger partial charge >= 0.3 is 5.97 Å². The van der Waals surface area contributed by atoms with Crippen LogP contribution < -0.4 is 0 Å². The second kappa shape index (κ2) is 14.3. The van der Waals surface area contributed by atoms with Gasteiger partial charge in [-0.2, -0.15) is 0 Å². The summed E-state index contributed by atoms with van der Waals surface area (Å²) in [4.78, 5) is 11.7. The monoisotopic (exact) mass is 368 g/mol. The summed E-state index contributed by atoms with van der Waals surface area (Å²) in [6.07, 6.45) is 23.6. The minimum atomic E-state index is -0.0871. The first-order valence-corrected chi connectivity index (χ1v) is 10.9. The highest BCUT2D eigenvalue weighted by Gasteiger charge is 2.07. The highest BCUT2D eigenvalue weighted by Crippen LogP contribution is 2.23. The molecule has 0 radical (unpaired) electrons. The van der Waals surface area contributed by atoms with Gasteiger partial charge in [0.1, 0.15) is 6.61 Å². The molecule has 1 aromatic carbocycles. The molecule has 148 valence electrons. The molecule has 0 bridgehead atoms. The van der Waals surface area contributed by atoms with Crippen molar-refractivity contribution < 1.29 is 9.53 Å². The zero-order valence-electron chi connectivity index (χ0n) is 16.8. The third-order valence-electron chi connectivity index (χ3n) is 5.22. The van der Waals surface area contributed by atoms with Gasteiger partial charge in [-0.05, 0) is 62.8 Å². The van der Waals surface area contributed by atoms with E-state index in [0.29, 0.717) is 13.0 Å². The van der Waals surface area contributed by atoms with Crippen LogP contribution in [0.1, 0.15) is 82.6 Å². The van der Waals surface area contributed by atoms with Crippen molar-refractivity contribution in [2.24, 2.45) is 5.92 Å². The minimum absolute atomic E-state index is 0.0871. The second-order valence-electron chi connectivity index (χ2n) is 7.62. The summed E-state index contributed by atoms with van der Waals surface area (Å²) in [6, 6.07) is 9.84. The molecule has 0 saturated carbocycles. The van der Waals surface area contributed by atoms with E-state index in [1.807, 2.05) is 30.3 Å². The van der Waals surface area contributed by atoms with E-state index in [2.05, 4.69) is 24.3 Å². The van der Waals surface area contributed by atoms with Gasteiger partial charge in [0.25, 0.3) is 0 Å². The highest BCUT2D eigenvalue weighted by atomic mass is 16.5. The summed E-state index contributed by atoms with van der Waals surface area (Å²) < 4.78 is 5.29. The Balaban J connectivity index is 1.34. The van der Waals surface area contributed by atoms with Crippen LogP contribution in [0.5, 0.6) is 0 Å². The van der Waals surface area contributed by atoms with Crippen LogP contribution in [0, 0.1) is 5.92 Å². The fourth-order valence-corrected chi connectivity index (χ4v) is 3.54. The van der Waals surface area contributed by atoms with E-state index in [4.69, 9.17) is 4.74 Å². The maximum atomic E-state index is 11.7. The first-order valence-electron chi connectivity index (χ1n) is 10.9. The average Bonchev–Trinajstić information content (AvgIpc) is 3.21. The molecular formula is C25H36O2. The molecule has 2 rings (SSSR count). The SMILES string of the molecule is O=C(CCCC/C=C/CCCCCCC1C=CCC1)OCc1ccccc1. The smallest absolute Gasteiger partial charge is 0.306 e. The Hall–Kier alpha value is -1.83. The first kappa shape index (κ1) is 21.5. The summed E-state index contributed by atoms with van der Waals surface area (Å²) in [5.74, 6) is 0.788. The lowest BCUT2D eigenvalue weighted by molar-refractivity contribution is -0.145. The predicted molar refractivity (Wildman–Crippen MR) is 113 cm³/mol.